The van der Waals surface area contributed by atoms with Crippen LogP contribution in [0.25, 0.3) is 0 Å². The minimum absolute atomic E-state index is 0.202. The predicted molar refractivity (Wildman–Crippen MR) is 173 cm³/mol. The first kappa shape index (κ1) is 32.7. The van der Waals surface area contributed by atoms with Gasteiger partial charge in [0.25, 0.3) is 0 Å². The summed E-state index contributed by atoms with van der Waals surface area (Å²) in [6, 6.07) is 17.1. The molecule has 0 saturated carbocycles. The summed E-state index contributed by atoms with van der Waals surface area (Å²) in [5.41, 5.74) is 0.0753. The molecule has 1 N–H and O–H groups in total. The maximum absolute atomic E-state index is 14.0. The average molecular weight is 747 g/mol. The van der Waals surface area contributed by atoms with Gasteiger partial charge in [-0.2, -0.15) is 13.2 Å². The van der Waals surface area contributed by atoms with E-state index in [4.69, 9.17) is 4.74 Å². The largest absolute Gasteiger partial charge is 0.462 e. The molecule has 0 radical (unpaired) electrons. The number of aromatic nitrogens is 1. The molecule has 1 saturated heterocycles. The van der Waals surface area contributed by atoms with E-state index in [0.29, 0.717) is 31.2 Å². The van der Waals surface area contributed by atoms with Crippen LogP contribution >= 0.6 is 39.0 Å². The zero-order valence-corrected chi connectivity index (χ0v) is 27.5. The van der Waals surface area contributed by atoms with Crippen LogP contribution in [-0.2, 0) is 31.8 Å². The second-order valence-electron chi connectivity index (χ2n) is 10.6. The van der Waals surface area contributed by atoms with Crippen molar-refractivity contribution in [2.45, 2.75) is 35.8 Å². The number of hydrogen-bond donors (Lipinski definition) is 1. The van der Waals surface area contributed by atoms with Crippen LogP contribution in [0.2, 0.25) is 0 Å². The molecule has 3 atom stereocenters. The molecule has 242 valence electrons. The quantitative estimate of drug-likeness (QED) is 0.174. The van der Waals surface area contributed by atoms with Gasteiger partial charge in [-0.3, -0.25) is 23.7 Å². The number of fused-ring (bicyclic) bond motifs is 2. The lowest BCUT2D eigenvalue weighted by molar-refractivity contribution is -0.137. The number of benzene rings is 3. The van der Waals surface area contributed by atoms with E-state index in [1.165, 1.54) is 34.9 Å². The third-order valence-corrected chi connectivity index (χ3v) is 10.8. The lowest BCUT2D eigenvalue weighted by Gasteiger charge is -2.30. The summed E-state index contributed by atoms with van der Waals surface area (Å²) in [6.07, 6.45) is -4.69. The van der Waals surface area contributed by atoms with E-state index in [1.54, 1.807) is 31.2 Å². The highest BCUT2D eigenvalue weighted by atomic mass is 79.9. The standard InChI is InChI=1S/C32H23BrF3N3O6S2/c1-2-45-30(43)16-9-11-20(12-10-16)37-22(40)15-38-29-26(47-31(38)44)23(17-5-3-7-19(33)13-17)24-25(46-29)28(42)39(27(24)41)21-8-4-6-18(14-21)32(34,35)36/h3-14,23-25H,2,15H2,1H3,(H,37,40). The first-order valence-electron chi connectivity index (χ1n) is 14.1. The molecule has 4 aromatic rings. The van der Waals surface area contributed by atoms with Crippen molar-refractivity contribution >= 4 is 74.1 Å². The number of thiazole rings is 1. The van der Waals surface area contributed by atoms with E-state index in [2.05, 4.69) is 21.2 Å². The number of alkyl halides is 3. The molecule has 2 aliphatic rings. The fourth-order valence-corrected chi connectivity index (χ4v) is 8.83. The molecule has 0 aliphatic carbocycles. The van der Waals surface area contributed by atoms with Gasteiger partial charge in [0.2, 0.25) is 17.7 Å². The molecule has 6 rings (SSSR count). The molecule has 15 heteroatoms. The Bertz CT molecular complexity index is 1980. The molecule has 9 nitrogen and oxygen atoms in total. The van der Waals surface area contributed by atoms with Crippen molar-refractivity contribution in [3.63, 3.8) is 0 Å². The third kappa shape index (κ3) is 6.26. The number of esters is 1. The number of hydrogen-bond acceptors (Lipinski definition) is 8. The van der Waals surface area contributed by atoms with Gasteiger partial charge < -0.3 is 10.1 Å². The number of rotatable bonds is 7. The molecular weight excluding hydrogens is 723 g/mol. The number of carbonyl (C=O) groups excluding carboxylic acids is 4. The smallest absolute Gasteiger partial charge is 0.416 e. The highest BCUT2D eigenvalue weighted by Crippen LogP contribution is 2.54. The van der Waals surface area contributed by atoms with Gasteiger partial charge in [0, 0.05) is 21.0 Å². The van der Waals surface area contributed by atoms with Crippen molar-refractivity contribution in [1.82, 2.24) is 4.57 Å². The fraction of sp³-hybridized carbons (Fsp3) is 0.219. The molecule has 1 fully saturated rings. The molecule has 1 aromatic heterocycles. The van der Waals surface area contributed by atoms with E-state index < -0.39 is 63.9 Å². The maximum Gasteiger partial charge on any atom is 0.416 e. The van der Waals surface area contributed by atoms with E-state index in [0.717, 1.165) is 46.2 Å². The lowest BCUT2D eigenvalue weighted by Crippen LogP contribution is -2.33. The minimum Gasteiger partial charge on any atom is -0.462 e. The Morgan fingerprint density at radius 2 is 1.70 bits per heavy atom. The molecule has 2 aliphatic heterocycles. The van der Waals surface area contributed by atoms with Gasteiger partial charge in [-0.15, -0.1) is 0 Å². The Morgan fingerprint density at radius 3 is 2.38 bits per heavy atom. The summed E-state index contributed by atoms with van der Waals surface area (Å²) in [4.78, 5) is 67.1. The first-order chi connectivity index (χ1) is 22.4. The molecular formula is C32H23BrF3N3O6S2. The summed E-state index contributed by atoms with van der Waals surface area (Å²) in [6.45, 7) is 1.48. The summed E-state index contributed by atoms with van der Waals surface area (Å²) in [5, 5.41) is 1.94. The van der Waals surface area contributed by atoms with Gasteiger partial charge in [-0.1, -0.05) is 57.2 Å². The molecule has 3 aromatic carbocycles. The monoisotopic (exact) mass is 745 g/mol. The highest BCUT2D eigenvalue weighted by Gasteiger charge is 2.57. The summed E-state index contributed by atoms with van der Waals surface area (Å²) >= 11 is 5.23. The van der Waals surface area contributed by atoms with Gasteiger partial charge in [-0.05, 0) is 67.1 Å². The van der Waals surface area contributed by atoms with Gasteiger partial charge in [-0.25, -0.2) is 9.69 Å². The van der Waals surface area contributed by atoms with Crippen molar-refractivity contribution in [2.75, 3.05) is 16.8 Å². The van der Waals surface area contributed by atoms with Gasteiger partial charge >= 0.3 is 17.0 Å². The Hall–Kier alpha value is -4.21. The van der Waals surface area contributed by atoms with Crippen LogP contribution in [0, 0.1) is 5.92 Å². The summed E-state index contributed by atoms with van der Waals surface area (Å²) in [7, 11) is 0. The van der Waals surface area contributed by atoms with Crippen LogP contribution in [0.5, 0.6) is 0 Å². The summed E-state index contributed by atoms with van der Waals surface area (Å²) < 4.78 is 47.5. The van der Waals surface area contributed by atoms with Crippen LogP contribution in [0.15, 0.2) is 87.1 Å². The zero-order chi connectivity index (χ0) is 33.6. The fourth-order valence-electron chi connectivity index (χ4n) is 5.64. The number of imide groups is 1. The number of amides is 3. The van der Waals surface area contributed by atoms with Crippen molar-refractivity contribution in [2.24, 2.45) is 5.92 Å². The maximum atomic E-state index is 14.0. The Balaban J connectivity index is 1.35. The second-order valence-corrected chi connectivity index (χ2v) is 13.7. The minimum atomic E-state index is -4.69. The number of ether oxygens (including phenoxy) is 1. The normalized spacial score (nSPS) is 18.9. The summed E-state index contributed by atoms with van der Waals surface area (Å²) in [5.74, 6) is -4.29. The van der Waals surface area contributed by atoms with Crippen molar-refractivity contribution in [1.29, 1.82) is 0 Å². The number of nitrogens with one attached hydrogen (secondary N) is 1. The Morgan fingerprint density at radius 1 is 0.979 bits per heavy atom. The first-order valence-corrected chi connectivity index (χ1v) is 16.6. The number of carbonyl (C=O) groups is 4. The number of halogens is 4. The highest BCUT2D eigenvalue weighted by molar-refractivity contribution is 9.10. The van der Waals surface area contributed by atoms with Gasteiger partial charge in [0.1, 0.15) is 11.8 Å². The number of nitrogens with zero attached hydrogens (tertiary/aromatic N) is 2. The van der Waals surface area contributed by atoms with Crippen LogP contribution < -0.4 is 15.1 Å². The van der Waals surface area contributed by atoms with E-state index in [9.17, 15) is 37.1 Å². The predicted octanol–water partition coefficient (Wildman–Crippen LogP) is 6.30. The second kappa shape index (κ2) is 12.8. The van der Waals surface area contributed by atoms with Gasteiger partial charge in [0.05, 0.1) is 34.4 Å². The Kier molecular flexibility index (Phi) is 8.89. The van der Waals surface area contributed by atoms with E-state index >= 15 is 0 Å². The van der Waals surface area contributed by atoms with Crippen molar-refractivity contribution in [3.8, 4) is 0 Å². The van der Waals surface area contributed by atoms with Crippen LogP contribution in [-0.4, -0.2) is 40.1 Å². The van der Waals surface area contributed by atoms with Crippen LogP contribution in [0.4, 0.5) is 24.5 Å². The van der Waals surface area contributed by atoms with E-state index in [1.807, 2.05) is 0 Å². The number of anilines is 2. The average Bonchev–Trinajstić information content (AvgIpc) is 3.47. The molecule has 3 unspecified atom stereocenters. The van der Waals surface area contributed by atoms with E-state index in [-0.39, 0.29) is 12.3 Å². The zero-order valence-electron chi connectivity index (χ0n) is 24.2. The molecule has 3 heterocycles. The molecule has 0 bridgehead atoms. The SMILES string of the molecule is CCOC(=O)c1ccc(NC(=O)Cn2c3c(sc2=O)C(c2cccc(Br)c2)C2C(=O)N(c4cccc(C(F)(F)F)c4)C(=O)C2S3)cc1. The lowest BCUT2D eigenvalue weighted by atomic mass is 9.83. The number of thioether (sulfide) groups is 1. The third-order valence-electron chi connectivity index (χ3n) is 7.67. The van der Waals surface area contributed by atoms with Gasteiger partial charge in [0.15, 0.2) is 0 Å². The molecule has 0 spiro atoms. The Labute approximate surface area is 281 Å². The topological polar surface area (TPSA) is 115 Å². The van der Waals surface area contributed by atoms with Crippen LogP contribution in [0.1, 0.15) is 39.2 Å². The molecule has 47 heavy (non-hydrogen) atoms. The van der Waals surface area contributed by atoms with Crippen molar-refractivity contribution < 1.29 is 37.1 Å². The molecule has 3 amide bonds. The van der Waals surface area contributed by atoms with Crippen molar-refractivity contribution in [3.05, 3.63) is 109 Å². The van der Waals surface area contributed by atoms with Crippen LogP contribution in [0.3, 0.4) is 0 Å².